The second-order valence-corrected chi connectivity index (χ2v) is 5.74. The normalized spacial score (nSPS) is 33.2. The van der Waals surface area contributed by atoms with Crippen molar-refractivity contribution >= 4 is 0 Å². The first-order chi connectivity index (χ1) is 9.68. The zero-order chi connectivity index (χ0) is 14.1. The molecule has 2 saturated heterocycles. The lowest BCUT2D eigenvalue weighted by Gasteiger charge is -2.44. The minimum atomic E-state index is -0.355. The first kappa shape index (κ1) is 13.5. The second-order valence-electron chi connectivity index (χ2n) is 5.74. The van der Waals surface area contributed by atoms with E-state index in [0.29, 0.717) is 32.7 Å². The summed E-state index contributed by atoms with van der Waals surface area (Å²) in [7, 11) is 0. The molecular formula is C15H17FN2O2. The zero-order valence-corrected chi connectivity index (χ0v) is 11.3. The Kier molecular flexibility index (Phi) is 3.45. The van der Waals surface area contributed by atoms with Crippen LogP contribution in [0.15, 0.2) is 18.3 Å². The Hall–Kier alpha value is -1.51. The lowest BCUT2D eigenvalue weighted by Crippen LogP contribution is -2.48. The Morgan fingerprint density at radius 1 is 1.35 bits per heavy atom. The van der Waals surface area contributed by atoms with Gasteiger partial charge in [-0.05, 0) is 25.0 Å². The summed E-state index contributed by atoms with van der Waals surface area (Å²) in [6.07, 6.45) is 3.90. The van der Waals surface area contributed by atoms with E-state index in [1.807, 2.05) is 0 Å². The summed E-state index contributed by atoms with van der Waals surface area (Å²) in [5, 5.41) is 9.21. The van der Waals surface area contributed by atoms with E-state index in [0.717, 1.165) is 18.5 Å². The Balaban J connectivity index is 1.95. The van der Waals surface area contributed by atoms with Gasteiger partial charge in [-0.2, -0.15) is 5.26 Å². The number of pyridine rings is 1. The van der Waals surface area contributed by atoms with Crippen LogP contribution in [-0.4, -0.2) is 30.4 Å². The van der Waals surface area contributed by atoms with Gasteiger partial charge in [-0.15, -0.1) is 0 Å². The van der Waals surface area contributed by atoms with E-state index in [1.165, 1.54) is 12.3 Å². The molecule has 0 aromatic carbocycles. The Morgan fingerprint density at radius 2 is 2.25 bits per heavy atom. The van der Waals surface area contributed by atoms with Gasteiger partial charge >= 0.3 is 0 Å². The Labute approximate surface area is 117 Å². The molecule has 106 valence electrons. The molecule has 2 aliphatic rings. The molecule has 0 N–H and O–H groups in total. The fraction of sp³-hybridized carbons (Fsp3) is 0.600. The van der Waals surface area contributed by atoms with Crippen LogP contribution in [0.1, 0.15) is 31.4 Å². The average Bonchev–Trinajstić information content (AvgIpc) is 2.87. The van der Waals surface area contributed by atoms with Gasteiger partial charge in [-0.3, -0.25) is 4.98 Å². The van der Waals surface area contributed by atoms with E-state index >= 15 is 0 Å². The van der Waals surface area contributed by atoms with Gasteiger partial charge in [0.25, 0.3) is 0 Å². The first-order valence-electron chi connectivity index (χ1n) is 6.89. The Bertz CT molecular complexity index is 520. The summed E-state index contributed by atoms with van der Waals surface area (Å²) >= 11 is 0. The molecule has 20 heavy (non-hydrogen) atoms. The molecule has 1 spiro atoms. The molecule has 5 heteroatoms. The number of aromatic nitrogens is 1. The molecule has 2 atom stereocenters. The van der Waals surface area contributed by atoms with Crippen LogP contribution < -0.4 is 0 Å². The summed E-state index contributed by atoms with van der Waals surface area (Å²) in [5.41, 5.74) is 0.134. The van der Waals surface area contributed by atoms with Gasteiger partial charge in [-0.25, -0.2) is 4.39 Å². The van der Waals surface area contributed by atoms with Crippen molar-refractivity contribution in [1.29, 1.82) is 5.26 Å². The van der Waals surface area contributed by atoms with Gasteiger partial charge < -0.3 is 9.47 Å². The average molecular weight is 276 g/mol. The standard InChI is InChI=1S/C15H17FN2O2/c16-12-1-2-13(18-9-12)14(3-6-17)4-8-20-15(10-14)5-7-19-11-15/h1-2,9H,3-5,7-8,10-11H2. The van der Waals surface area contributed by atoms with Gasteiger partial charge in [0.15, 0.2) is 0 Å². The molecule has 0 saturated carbocycles. The van der Waals surface area contributed by atoms with Crippen LogP contribution >= 0.6 is 0 Å². The summed E-state index contributed by atoms with van der Waals surface area (Å²) in [4.78, 5) is 4.22. The molecule has 2 fully saturated rings. The molecular weight excluding hydrogens is 259 g/mol. The van der Waals surface area contributed by atoms with Crippen molar-refractivity contribution in [2.24, 2.45) is 0 Å². The van der Waals surface area contributed by atoms with Gasteiger partial charge in [-0.1, -0.05) is 0 Å². The lowest BCUT2D eigenvalue weighted by molar-refractivity contribution is -0.107. The van der Waals surface area contributed by atoms with Gasteiger partial charge in [0.05, 0.1) is 24.5 Å². The van der Waals surface area contributed by atoms with Crippen LogP contribution in [0.3, 0.4) is 0 Å². The fourth-order valence-corrected chi connectivity index (χ4v) is 3.36. The van der Waals surface area contributed by atoms with Crippen LogP contribution in [0.25, 0.3) is 0 Å². The maximum absolute atomic E-state index is 13.1. The third-order valence-corrected chi connectivity index (χ3v) is 4.40. The van der Waals surface area contributed by atoms with Crippen LogP contribution in [0, 0.1) is 17.1 Å². The number of ether oxygens (including phenoxy) is 2. The monoisotopic (exact) mass is 276 g/mol. The molecule has 2 aliphatic heterocycles. The highest BCUT2D eigenvalue weighted by molar-refractivity contribution is 5.22. The first-order valence-corrected chi connectivity index (χ1v) is 6.89. The lowest BCUT2D eigenvalue weighted by atomic mass is 9.68. The number of nitrogens with zero attached hydrogens (tertiary/aromatic N) is 2. The van der Waals surface area contributed by atoms with Crippen LogP contribution in [0.4, 0.5) is 4.39 Å². The second kappa shape index (κ2) is 5.12. The van der Waals surface area contributed by atoms with Gasteiger partial charge in [0, 0.05) is 37.2 Å². The van der Waals surface area contributed by atoms with Gasteiger partial charge in [0.2, 0.25) is 0 Å². The third-order valence-electron chi connectivity index (χ3n) is 4.40. The van der Waals surface area contributed by atoms with Crippen molar-refractivity contribution in [3.8, 4) is 6.07 Å². The predicted octanol–water partition coefficient (Wildman–Crippen LogP) is 2.34. The maximum Gasteiger partial charge on any atom is 0.141 e. The number of rotatable bonds is 2. The number of hydrogen-bond acceptors (Lipinski definition) is 4. The molecule has 1 aromatic rings. The molecule has 2 unspecified atom stereocenters. The van der Waals surface area contributed by atoms with Crippen molar-refractivity contribution in [2.45, 2.75) is 36.7 Å². The number of hydrogen-bond donors (Lipinski definition) is 0. The van der Waals surface area contributed by atoms with E-state index in [4.69, 9.17) is 9.47 Å². The minimum Gasteiger partial charge on any atom is -0.378 e. The third kappa shape index (κ3) is 2.30. The van der Waals surface area contributed by atoms with Crippen LogP contribution in [-0.2, 0) is 14.9 Å². The molecule has 0 radical (unpaired) electrons. The highest BCUT2D eigenvalue weighted by Gasteiger charge is 2.49. The molecule has 4 nitrogen and oxygen atoms in total. The highest BCUT2D eigenvalue weighted by atomic mass is 19.1. The van der Waals surface area contributed by atoms with Crippen molar-refractivity contribution in [1.82, 2.24) is 4.98 Å². The fourth-order valence-electron chi connectivity index (χ4n) is 3.36. The summed E-state index contributed by atoms with van der Waals surface area (Å²) in [6, 6.07) is 5.37. The molecule has 0 bridgehead atoms. The molecule has 0 amide bonds. The molecule has 0 aliphatic carbocycles. The van der Waals surface area contributed by atoms with Crippen molar-refractivity contribution in [3.05, 3.63) is 29.8 Å². The van der Waals surface area contributed by atoms with Crippen molar-refractivity contribution in [2.75, 3.05) is 19.8 Å². The summed E-state index contributed by atoms with van der Waals surface area (Å²) in [5.74, 6) is -0.355. The van der Waals surface area contributed by atoms with Crippen molar-refractivity contribution < 1.29 is 13.9 Å². The quantitative estimate of drug-likeness (QED) is 0.832. The molecule has 1 aromatic heterocycles. The van der Waals surface area contributed by atoms with E-state index in [-0.39, 0.29) is 16.8 Å². The highest BCUT2D eigenvalue weighted by Crippen LogP contribution is 2.46. The van der Waals surface area contributed by atoms with E-state index < -0.39 is 0 Å². The maximum atomic E-state index is 13.1. The summed E-state index contributed by atoms with van der Waals surface area (Å²) in [6.45, 7) is 1.85. The van der Waals surface area contributed by atoms with E-state index in [1.54, 1.807) is 6.07 Å². The predicted molar refractivity (Wildman–Crippen MR) is 69.5 cm³/mol. The topological polar surface area (TPSA) is 55.1 Å². The SMILES string of the molecule is N#CCC1(c2ccc(F)cn2)CCOC2(CCOC2)C1. The Morgan fingerprint density at radius 3 is 2.90 bits per heavy atom. The smallest absolute Gasteiger partial charge is 0.141 e. The van der Waals surface area contributed by atoms with E-state index in [2.05, 4.69) is 11.1 Å². The van der Waals surface area contributed by atoms with Gasteiger partial charge in [0.1, 0.15) is 5.82 Å². The van der Waals surface area contributed by atoms with Crippen molar-refractivity contribution in [3.63, 3.8) is 0 Å². The minimum absolute atomic E-state index is 0.300. The zero-order valence-electron chi connectivity index (χ0n) is 11.3. The number of nitriles is 1. The molecule has 3 heterocycles. The van der Waals surface area contributed by atoms with E-state index in [9.17, 15) is 9.65 Å². The largest absolute Gasteiger partial charge is 0.378 e. The summed E-state index contributed by atoms with van der Waals surface area (Å²) < 4.78 is 24.5. The number of halogens is 1. The molecule has 3 rings (SSSR count). The van der Waals surface area contributed by atoms with Crippen LogP contribution in [0.5, 0.6) is 0 Å². The van der Waals surface area contributed by atoms with Crippen LogP contribution in [0.2, 0.25) is 0 Å².